The van der Waals surface area contributed by atoms with Crippen molar-refractivity contribution in [1.82, 2.24) is 0 Å². The molecule has 142 valence electrons. The van der Waals surface area contributed by atoms with Crippen molar-refractivity contribution in [3.05, 3.63) is 36.4 Å². The van der Waals surface area contributed by atoms with Crippen LogP contribution in [0.1, 0.15) is 0 Å². The molecule has 2 aromatic rings. The molecule has 2 N–H and O–H groups in total. The zero-order valence-electron chi connectivity index (χ0n) is 16.0. The molecule has 0 bridgehead atoms. The summed E-state index contributed by atoms with van der Waals surface area (Å²) in [4.78, 5) is 2.22. The molecule has 0 saturated heterocycles. The molecule has 0 radical (unpaired) electrons. The standard InChI is InChI=1S/C20H28N2O4/c1-23-11-9-22(10-12-24-2)19-7-5-15(21)13-17(19)18-14-16(25-3)6-8-20(18)26-4/h5-8,13-14H,9-12,21H2,1-4H3. The van der Waals surface area contributed by atoms with Crippen LogP contribution in [-0.2, 0) is 9.47 Å². The molecule has 0 heterocycles. The molecular formula is C20H28N2O4. The molecule has 2 rings (SSSR count). The van der Waals surface area contributed by atoms with Crippen LogP contribution in [0.5, 0.6) is 11.5 Å². The van der Waals surface area contributed by atoms with Crippen LogP contribution in [-0.4, -0.2) is 54.7 Å². The van der Waals surface area contributed by atoms with Gasteiger partial charge >= 0.3 is 0 Å². The minimum atomic E-state index is 0.614. The summed E-state index contributed by atoms with van der Waals surface area (Å²) in [5, 5.41) is 0. The van der Waals surface area contributed by atoms with Crippen molar-refractivity contribution in [2.75, 3.05) is 65.4 Å². The van der Waals surface area contributed by atoms with Crippen molar-refractivity contribution >= 4 is 11.4 Å². The first-order valence-corrected chi connectivity index (χ1v) is 8.49. The minimum absolute atomic E-state index is 0.614. The Kier molecular flexibility index (Phi) is 7.56. The number of methoxy groups -OCH3 is 4. The van der Waals surface area contributed by atoms with E-state index in [1.807, 2.05) is 36.4 Å². The first kappa shape index (κ1) is 19.9. The second-order valence-electron chi connectivity index (χ2n) is 5.82. The lowest BCUT2D eigenvalue weighted by molar-refractivity contribution is 0.190. The topological polar surface area (TPSA) is 66.2 Å². The van der Waals surface area contributed by atoms with E-state index in [1.165, 1.54) is 0 Å². The largest absolute Gasteiger partial charge is 0.497 e. The molecule has 6 heteroatoms. The smallest absolute Gasteiger partial charge is 0.127 e. The van der Waals surface area contributed by atoms with E-state index < -0.39 is 0 Å². The summed E-state index contributed by atoms with van der Waals surface area (Å²) < 4.78 is 21.5. The molecular weight excluding hydrogens is 332 g/mol. The molecule has 0 atom stereocenters. The van der Waals surface area contributed by atoms with Gasteiger partial charge in [-0.25, -0.2) is 0 Å². The number of anilines is 2. The van der Waals surface area contributed by atoms with Crippen molar-refractivity contribution in [1.29, 1.82) is 0 Å². The van der Waals surface area contributed by atoms with Gasteiger partial charge < -0.3 is 29.6 Å². The molecule has 0 aliphatic rings. The van der Waals surface area contributed by atoms with E-state index in [0.717, 1.165) is 41.4 Å². The van der Waals surface area contributed by atoms with Crippen LogP contribution in [0.2, 0.25) is 0 Å². The van der Waals surface area contributed by atoms with Gasteiger partial charge in [0.2, 0.25) is 0 Å². The van der Waals surface area contributed by atoms with Crippen LogP contribution in [0.4, 0.5) is 11.4 Å². The lowest BCUT2D eigenvalue weighted by atomic mass is 10.0. The Balaban J connectivity index is 2.56. The van der Waals surface area contributed by atoms with Gasteiger partial charge in [0.25, 0.3) is 0 Å². The zero-order valence-corrected chi connectivity index (χ0v) is 16.0. The van der Waals surface area contributed by atoms with E-state index >= 15 is 0 Å². The van der Waals surface area contributed by atoms with Gasteiger partial charge in [-0.2, -0.15) is 0 Å². The van der Waals surface area contributed by atoms with Crippen molar-refractivity contribution in [2.45, 2.75) is 0 Å². The summed E-state index contributed by atoms with van der Waals surface area (Å²) in [5.41, 5.74) is 9.72. The fourth-order valence-corrected chi connectivity index (χ4v) is 2.83. The van der Waals surface area contributed by atoms with Gasteiger partial charge in [-0.1, -0.05) is 0 Å². The third kappa shape index (κ3) is 4.80. The number of hydrogen-bond donors (Lipinski definition) is 1. The molecule has 0 fully saturated rings. The maximum atomic E-state index is 6.09. The van der Waals surface area contributed by atoms with E-state index in [9.17, 15) is 0 Å². The summed E-state index contributed by atoms with van der Waals surface area (Å²) in [6.07, 6.45) is 0. The fourth-order valence-electron chi connectivity index (χ4n) is 2.83. The number of benzene rings is 2. The van der Waals surface area contributed by atoms with Gasteiger partial charge in [-0.05, 0) is 36.4 Å². The van der Waals surface area contributed by atoms with Gasteiger partial charge in [-0.15, -0.1) is 0 Å². The van der Waals surface area contributed by atoms with Crippen LogP contribution in [0.25, 0.3) is 11.1 Å². The van der Waals surface area contributed by atoms with E-state index in [4.69, 9.17) is 24.7 Å². The Morgan fingerprint density at radius 2 is 1.50 bits per heavy atom. The molecule has 0 aliphatic carbocycles. The molecule has 0 amide bonds. The highest BCUT2D eigenvalue weighted by Gasteiger charge is 2.17. The third-order valence-corrected chi connectivity index (χ3v) is 4.19. The van der Waals surface area contributed by atoms with Gasteiger partial charge in [0.1, 0.15) is 11.5 Å². The predicted molar refractivity (Wildman–Crippen MR) is 105 cm³/mol. The number of nitrogens with two attached hydrogens (primary N) is 1. The van der Waals surface area contributed by atoms with Crippen LogP contribution >= 0.6 is 0 Å². The van der Waals surface area contributed by atoms with E-state index in [2.05, 4.69) is 4.90 Å². The van der Waals surface area contributed by atoms with Crippen LogP contribution < -0.4 is 20.1 Å². The lowest BCUT2D eigenvalue weighted by Crippen LogP contribution is -2.31. The van der Waals surface area contributed by atoms with Crippen LogP contribution in [0.3, 0.4) is 0 Å². The first-order chi connectivity index (χ1) is 12.6. The Bertz CT molecular complexity index is 698. The normalized spacial score (nSPS) is 10.6. The quantitative estimate of drug-likeness (QED) is 0.657. The average Bonchev–Trinajstić information content (AvgIpc) is 2.68. The fraction of sp³-hybridized carbons (Fsp3) is 0.400. The second-order valence-corrected chi connectivity index (χ2v) is 5.82. The summed E-state index contributed by atoms with van der Waals surface area (Å²) in [5.74, 6) is 1.52. The molecule has 0 aliphatic heterocycles. The van der Waals surface area contributed by atoms with Gasteiger partial charge in [0, 0.05) is 49.8 Å². The van der Waals surface area contributed by atoms with Gasteiger partial charge in [0.05, 0.1) is 27.4 Å². The zero-order chi connectivity index (χ0) is 18.9. The van der Waals surface area contributed by atoms with Gasteiger partial charge in [-0.3, -0.25) is 0 Å². The average molecular weight is 360 g/mol. The summed E-state index contributed by atoms with van der Waals surface area (Å²) in [7, 11) is 6.70. The molecule has 0 saturated carbocycles. The molecule has 0 spiro atoms. The third-order valence-electron chi connectivity index (χ3n) is 4.19. The van der Waals surface area contributed by atoms with Crippen LogP contribution in [0, 0.1) is 0 Å². The molecule has 2 aromatic carbocycles. The molecule has 0 unspecified atom stereocenters. The predicted octanol–water partition coefficient (Wildman–Crippen LogP) is 3.05. The highest BCUT2D eigenvalue weighted by Crippen LogP contribution is 2.40. The maximum Gasteiger partial charge on any atom is 0.127 e. The maximum absolute atomic E-state index is 6.09. The Labute approximate surface area is 155 Å². The van der Waals surface area contributed by atoms with Gasteiger partial charge in [0.15, 0.2) is 0 Å². The van der Waals surface area contributed by atoms with Crippen LogP contribution in [0.15, 0.2) is 36.4 Å². The molecule has 26 heavy (non-hydrogen) atoms. The monoisotopic (exact) mass is 360 g/mol. The highest BCUT2D eigenvalue weighted by molar-refractivity contribution is 5.85. The SMILES string of the molecule is COCCN(CCOC)c1ccc(N)cc1-c1cc(OC)ccc1OC. The summed E-state index contributed by atoms with van der Waals surface area (Å²) in [6.45, 7) is 2.71. The summed E-state index contributed by atoms with van der Waals surface area (Å²) >= 11 is 0. The second kappa shape index (κ2) is 9.89. The highest BCUT2D eigenvalue weighted by atomic mass is 16.5. The van der Waals surface area contributed by atoms with Crippen molar-refractivity contribution in [2.24, 2.45) is 0 Å². The first-order valence-electron chi connectivity index (χ1n) is 8.49. The number of nitrogen functional groups attached to an aromatic ring is 1. The Hall–Kier alpha value is -2.44. The number of rotatable bonds is 10. The summed E-state index contributed by atoms with van der Waals surface area (Å²) in [6, 6.07) is 11.6. The Morgan fingerprint density at radius 1 is 0.808 bits per heavy atom. The van der Waals surface area contributed by atoms with Crippen molar-refractivity contribution < 1.29 is 18.9 Å². The van der Waals surface area contributed by atoms with E-state index in [1.54, 1.807) is 28.4 Å². The number of nitrogens with zero attached hydrogens (tertiary/aromatic N) is 1. The van der Waals surface area contributed by atoms with E-state index in [0.29, 0.717) is 18.9 Å². The molecule has 6 nitrogen and oxygen atoms in total. The molecule has 0 aromatic heterocycles. The lowest BCUT2D eigenvalue weighted by Gasteiger charge is -2.27. The minimum Gasteiger partial charge on any atom is -0.497 e. The number of ether oxygens (including phenoxy) is 4. The van der Waals surface area contributed by atoms with Crippen molar-refractivity contribution in [3.63, 3.8) is 0 Å². The van der Waals surface area contributed by atoms with E-state index in [-0.39, 0.29) is 0 Å². The van der Waals surface area contributed by atoms with Crippen molar-refractivity contribution in [3.8, 4) is 22.6 Å². The Morgan fingerprint density at radius 3 is 2.08 bits per heavy atom. The number of hydrogen-bond acceptors (Lipinski definition) is 6.